The Hall–Kier alpha value is -3.00. The molecule has 0 aliphatic carbocycles. The van der Waals surface area contributed by atoms with Crippen molar-refractivity contribution in [2.24, 2.45) is 0 Å². The minimum Gasteiger partial charge on any atom is -0.507 e. The van der Waals surface area contributed by atoms with Crippen LogP contribution in [0, 0.1) is 13.8 Å². The molecule has 24 heavy (non-hydrogen) atoms. The minimum absolute atomic E-state index is 0.227. The van der Waals surface area contributed by atoms with Crippen molar-refractivity contribution in [1.29, 1.82) is 0 Å². The van der Waals surface area contributed by atoms with Gasteiger partial charge in [0, 0.05) is 11.1 Å². The summed E-state index contributed by atoms with van der Waals surface area (Å²) in [7, 11) is 0. The third kappa shape index (κ3) is 1.96. The molecule has 4 aromatic rings. The lowest BCUT2D eigenvalue weighted by molar-refractivity contribution is 0.468. The molecule has 0 radical (unpaired) electrons. The van der Waals surface area contributed by atoms with E-state index in [0.29, 0.717) is 0 Å². The van der Waals surface area contributed by atoms with Crippen molar-refractivity contribution >= 4 is 21.5 Å². The van der Waals surface area contributed by atoms with E-state index in [1.54, 1.807) is 6.07 Å². The number of aromatic hydroxyl groups is 2. The maximum absolute atomic E-state index is 10.6. The second-order valence-electron chi connectivity index (χ2n) is 6.20. The second-order valence-corrected chi connectivity index (χ2v) is 6.20. The Morgan fingerprint density at radius 1 is 0.583 bits per heavy atom. The molecule has 0 amide bonds. The molecule has 0 heterocycles. The fourth-order valence-corrected chi connectivity index (χ4v) is 3.60. The molecule has 4 rings (SSSR count). The molecular weight excluding hydrogens is 296 g/mol. The molecule has 4 aromatic carbocycles. The standard InChI is InChI=1S/C22H18O2/c1-13-16-8-5-6-10-18(16)20(14(2)22(13)24)21-17-9-4-3-7-15(17)11-12-19(21)23/h3-12,23-24H,1-2H3. The van der Waals surface area contributed by atoms with Crippen LogP contribution in [0.15, 0.2) is 60.7 Å². The molecule has 0 saturated heterocycles. The summed E-state index contributed by atoms with van der Waals surface area (Å²) in [4.78, 5) is 0. The van der Waals surface area contributed by atoms with Crippen molar-refractivity contribution < 1.29 is 10.2 Å². The average Bonchev–Trinajstić information content (AvgIpc) is 2.62. The molecule has 0 fully saturated rings. The van der Waals surface area contributed by atoms with Gasteiger partial charge in [0.15, 0.2) is 0 Å². The van der Waals surface area contributed by atoms with Crippen LogP contribution in [0.2, 0.25) is 0 Å². The zero-order chi connectivity index (χ0) is 16.8. The van der Waals surface area contributed by atoms with Crippen LogP contribution < -0.4 is 0 Å². The fraction of sp³-hybridized carbons (Fsp3) is 0.0909. The van der Waals surface area contributed by atoms with Crippen LogP contribution in [-0.2, 0) is 0 Å². The van der Waals surface area contributed by atoms with Crippen LogP contribution in [0.3, 0.4) is 0 Å². The topological polar surface area (TPSA) is 40.5 Å². The summed E-state index contributed by atoms with van der Waals surface area (Å²) in [5, 5.41) is 25.3. The van der Waals surface area contributed by atoms with Crippen LogP contribution in [0.25, 0.3) is 32.7 Å². The number of rotatable bonds is 1. The Labute approximate surface area is 140 Å². The Morgan fingerprint density at radius 2 is 1.21 bits per heavy atom. The van der Waals surface area contributed by atoms with E-state index in [-0.39, 0.29) is 11.5 Å². The predicted molar refractivity (Wildman–Crippen MR) is 99.7 cm³/mol. The monoisotopic (exact) mass is 314 g/mol. The van der Waals surface area contributed by atoms with Gasteiger partial charge in [-0.15, -0.1) is 0 Å². The number of benzene rings is 4. The van der Waals surface area contributed by atoms with Crippen molar-refractivity contribution in [2.75, 3.05) is 0 Å². The van der Waals surface area contributed by atoms with E-state index >= 15 is 0 Å². The lowest BCUT2D eigenvalue weighted by atomic mass is 9.87. The summed E-state index contributed by atoms with van der Waals surface area (Å²) in [5.41, 5.74) is 3.32. The van der Waals surface area contributed by atoms with Crippen molar-refractivity contribution in [3.05, 3.63) is 71.8 Å². The molecule has 0 atom stereocenters. The highest BCUT2D eigenvalue weighted by molar-refractivity contribution is 6.10. The summed E-state index contributed by atoms with van der Waals surface area (Å²) >= 11 is 0. The van der Waals surface area contributed by atoms with E-state index in [9.17, 15) is 10.2 Å². The third-order valence-corrected chi connectivity index (χ3v) is 4.84. The first-order valence-corrected chi connectivity index (χ1v) is 8.01. The number of fused-ring (bicyclic) bond motifs is 2. The second kappa shape index (κ2) is 5.27. The predicted octanol–water partition coefficient (Wildman–Crippen LogP) is 5.69. The Bertz CT molecular complexity index is 1090. The van der Waals surface area contributed by atoms with E-state index in [1.807, 2.05) is 68.4 Å². The first-order chi connectivity index (χ1) is 11.6. The molecule has 0 aliphatic rings. The Balaban J connectivity index is 2.26. The molecule has 0 aromatic heterocycles. The zero-order valence-electron chi connectivity index (χ0n) is 13.7. The summed E-state index contributed by atoms with van der Waals surface area (Å²) in [6.07, 6.45) is 0. The molecule has 0 aliphatic heterocycles. The Kier molecular flexibility index (Phi) is 3.20. The lowest BCUT2D eigenvalue weighted by Gasteiger charge is -2.18. The zero-order valence-corrected chi connectivity index (χ0v) is 13.7. The van der Waals surface area contributed by atoms with Crippen molar-refractivity contribution in [3.63, 3.8) is 0 Å². The number of phenolic OH excluding ortho intramolecular Hbond substituents is 2. The van der Waals surface area contributed by atoms with Crippen LogP contribution >= 0.6 is 0 Å². The summed E-state index contributed by atoms with van der Waals surface area (Å²) in [5.74, 6) is 0.515. The summed E-state index contributed by atoms with van der Waals surface area (Å²) < 4.78 is 0. The molecule has 0 spiro atoms. The molecule has 2 N–H and O–H groups in total. The number of phenols is 2. The van der Waals surface area contributed by atoms with Gasteiger partial charge in [-0.3, -0.25) is 0 Å². The quantitative estimate of drug-likeness (QED) is 0.474. The van der Waals surface area contributed by atoms with Crippen LogP contribution in [0.1, 0.15) is 11.1 Å². The van der Waals surface area contributed by atoms with Gasteiger partial charge < -0.3 is 10.2 Å². The molecule has 118 valence electrons. The van der Waals surface area contributed by atoms with Gasteiger partial charge in [0.25, 0.3) is 0 Å². The average molecular weight is 314 g/mol. The molecule has 0 saturated carbocycles. The number of hydrogen-bond donors (Lipinski definition) is 2. The highest BCUT2D eigenvalue weighted by atomic mass is 16.3. The number of hydrogen-bond acceptors (Lipinski definition) is 2. The van der Waals surface area contributed by atoms with Gasteiger partial charge in [-0.05, 0) is 52.6 Å². The smallest absolute Gasteiger partial charge is 0.124 e. The van der Waals surface area contributed by atoms with E-state index in [1.165, 1.54) is 0 Å². The van der Waals surface area contributed by atoms with Crippen molar-refractivity contribution in [3.8, 4) is 22.6 Å². The van der Waals surface area contributed by atoms with Gasteiger partial charge >= 0.3 is 0 Å². The lowest BCUT2D eigenvalue weighted by Crippen LogP contribution is -1.93. The maximum Gasteiger partial charge on any atom is 0.124 e. The highest BCUT2D eigenvalue weighted by Gasteiger charge is 2.19. The van der Waals surface area contributed by atoms with Crippen LogP contribution in [0.4, 0.5) is 0 Å². The van der Waals surface area contributed by atoms with Crippen LogP contribution in [0.5, 0.6) is 11.5 Å². The summed E-state index contributed by atoms with van der Waals surface area (Å²) in [6, 6.07) is 19.7. The fourth-order valence-electron chi connectivity index (χ4n) is 3.60. The van der Waals surface area contributed by atoms with Gasteiger partial charge in [-0.1, -0.05) is 54.6 Å². The van der Waals surface area contributed by atoms with Crippen molar-refractivity contribution in [2.45, 2.75) is 13.8 Å². The largest absolute Gasteiger partial charge is 0.507 e. The molecular formula is C22H18O2. The highest BCUT2D eigenvalue weighted by Crippen LogP contribution is 2.45. The number of aryl methyl sites for hydroxylation is 1. The first-order valence-electron chi connectivity index (χ1n) is 8.01. The van der Waals surface area contributed by atoms with E-state index in [2.05, 4.69) is 0 Å². The molecule has 0 bridgehead atoms. The van der Waals surface area contributed by atoms with Crippen molar-refractivity contribution in [1.82, 2.24) is 0 Å². The van der Waals surface area contributed by atoms with Gasteiger partial charge in [-0.2, -0.15) is 0 Å². The maximum atomic E-state index is 10.6. The third-order valence-electron chi connectivity index (χ3n) is 4.84. The molecule has 2 heteroatoms. The Morgan fingerprint density at radius 3 is 1.96 bits per heavy atom. The van der Waals surface area contributed by atoms with Crippen LogP contribution in [-0.4, -0.2) is 10.2 Å². The van der Waals surface area contributed by atoms with Gasteiger partial charge in [0.2, 0.25) is 0 Å². The SMILES string of the molecule is Cc1c(O)c(C)c2ccccc2c1-c1c(O)ccc2ccccc12. The molecule has 0 unspecified atom stereocenters. The minimum atomic E-state index is 0.227. The first kappa shape index (κ1) is 14.6. The molecule has 2 nitrogen and oxygen atoms in total. The van der Waals surface area contributed by atoms with E-state index in [0.717, 1.165) is 43.8 Å². The normalized spacial score (nSPS) is 11.2. The van der Waals surface area contributed by atoms with Gasteiger partial charge in [0.05, 0.1) is 0 Å². The van der Waals surface area contributed by atoms with E-state index in [4.69, 9.17) is 0 Å². The van der Waals surface area contributed by atoms with E-state index < -0.39 is 0 Å². The summed E-state index contributed by atoms with van der Waals surface area (Å²) in [6.45, 7) is 3.84. The van der Waals surface area contributed by atoms with Gasteiger partial charge in [-0.25, -0.2) is 0 Å². The van der Waals surface area contributed by atoms with Gasteiger partial charge in [0.1, 0.15) is 11.5 Å².